The summed E-state index contributed by atoms with van der Waals surface area (Å²) in [6.45, 7) is 7.24. The number of nitrogens with one attached hydrogen (secondary N) is 1. The zero-order valence-corrected chi connectivity index (χ0v) is 26.1. The summed E-state index contributed by atoms with van der Waals surface area (Å²) in [5, 5.41) is 0. The van der Waals surface area contributed by atoms with Gasteiger partial charge in [0.1, 0.15) is 11.5 Å². The van der Waals surface area contributed by atoms with Crippen LogP contribution in [0.1, 0.15) is 63.7 Å². The average Bonchev–Trinajstić information content (AvgIpc) is 2.94. The second-order valence-electron chi connectivity index (χ2n) is 9.19. The van der Waals surface area contributed by atoms with Gasteiger partial charge >= 0.3 is 5.97 Å². The van der Waals surface area contributed by atoms with Crippen LogP contribution in [0.5, 0.6) is 11.5 Å². The average molecular weight is 594 g/mol. The minimum Gasteiger partial charge on any atom is -0.495 e. The molecule has 11 nitrogen and oxygen atoms in total. The summed E-state index contributed by atoms with van der Waals surface area (Å²) < 4.78 is 41.9. The second-order valence-corrected chi connectivity index (χ2v) is 11.0. The highest BCUT2D eigenvalue weighted by atomic mass is 32.2. The van der Waals surface area contributed by atoms with Crippen molar-refractivity contribution in [3.05, 3.63) is 42.0 Å². The number of hydrogen-bond acceptors (Lipinski definition) is 8. The number of amides is 2. The summed E-state index contributed by atoms with van der Waals surface area (Å²) in [6.07, 6.45) is 3.21. The van der Waals surface area contributed by atoms with Gasteiger partial charge in [0.05, 0.1) is 49.2 Å². The third-order valence-corrected chi connectivity index (χ3v) is 7.40. The molecule has 2 aromatic rings. The van der Waals surface area contributed by atoms with E-state index in [1.165, 1.54) is 37.9 Å². The molecule has 0 aliphatic heterocycles. The zero-order chi connectivity index (χ0) is 31.2. The lowest BCUT2D eigenvalue weighted by Gasteiger charge is -2.19. The van der Waals surface area contributed by atoms with Crippen LogP contribution in [0, 0.1) is 0 Å². The zero-order valence-electron chi connectivity index (χ0n) is 25.3. The van der Waals surface area contributed by atoms with Crippen molar-refractivity contribution in [2.75, 3.05) is 55.2 Å². The summed E-state index contributed by atoms with van der Waals surface area (Å²) in [5.41, 5.74) is 1.88. The van der Waals surface area contributed by atoms with Crippen LogP contribution in [0.2, 0.25) is 0 Å². The lowest BCUT2D eigenvalue weighted by Crippen LogP contribution is -2.24. The molecule has 0 aromatic heterocycles. The maximum absolute atomic E-state index is 11.9. The molecule has 1 N–H and O–H groups in total. The van der Waals surface area contributed by atoms with Gasteiger partial charge < -0.3 is 24.0 Å². The van der Waals surface area contributed by atoms with E-state index >= 15 is 0 Å². The molecule has 0 bridgehead atoms. The smallest absolute Gasteiger partial charge is 0.338 e. The number of hydrogen-bond donors (Lipinski definition) is 1. The standard InChI is InChI=1S/C15H21NO4.C14H22N2O4S/c1-5-6-9-20-15(18)12-7-8-14(19-4)13(10-12)16(3)11(2)17;1-5-6-9-21(18,19)15-12-7-8-14(20-4)13(10-12)16(3)11(2)17/h7-8,10H,5-6,9H2,1-4H3;7-8,10,15H,5-6,9H2,1-4H3. The Labute approximate surface area is 243 Å². The van der Waals surface area contributed by atoms with Gasteiger partial charge in [0, 0.05) is 27.9 Å². The third-order valence-electron chi connectivity index (χ3n) is 6.03. The van der Waals surface area contributed by atoms with E-state index in [2.05, 4.69) is 4.72 Å². The van der Waals surface area contributed by atoms with E-state index in [9.17, 15) is 22.8 Å². The van der Waals surface area contributed by atoms with E-state index in [0.29, 0.717) is 47.2 Å². The number of sulfonamides is 1. The summed E-state index contributed by atoms with van der Waals surface area (Å²) >= 11 is 0. The van der Waals surface area contributed by atoms with Crippen LogP contribution < -0.4 is 24.0 Å². The first-order chi connectivity index (χ1) is 19.3. The first-order valence-electron chi connectivity index (χ1n) is 13.3. The lowest BCUT2D eigenvalue weighted by molar-refractivity contribution is -0.117. The maximum atomic E-state index is 11.9. The highest BCUT2D eigenvalue weighted by molar-refractivity contribution is 7.92. The van der Waals surface area contributed by atoms with Gasteiger partial charge in [0.25, 0.3) is 0 Å². The summed E-state index contributed by atoms with van der Waals surface area (Å²) in [6, 6.07) is 9.72. The summed E-state index contributed by atoms with van der Waals surface area (Å²) in [7, 11) is 2.88. The molecule has 0 heterocycles. The molecule has 2 aromatic carbocycles. The first-order valence-corrected chi connectivity index (χ1v) is 15.0. The van der Waals surface area contributed by atoms with Crippen LogP contribution in [-0.2, 0) is 24.3 Å². The van der Waals surface area contributed by atoms with Crippen molar-refractivity contribution in [3.63, 3.8) is 0 Å². The van der Waals surface area contributed by atoms with Gasteiger partial charge in [-0.2, -0.15) is 0 Å². The molecule has 0 saturated heterocycles. The predicted octanol–water partition coefficient (Wildman–Crippen LogP) is 4.85. The minimum atomic E-state index is -3.37. The molecule has 12 heteroatoms. The van der Waals surface area contributed by atoms with Crippen molar-refractivity contribution in [2.45, 2.75) is 53.4 Å². The number of benzene rings is 2. The van der Waals surface area contributed by atoms with Gasteiger partial charge in [0.15, 0.2) is 0 Å². The van der Waals surface area contributed by atoms with Crippen LogP contribution >= 0.6 is 0 Å². The normalized spacial score (nSPS) is 10.5. The number of ether oxygens (including phenoxy) is 3. The largest absolute Gasteiger partial charge is 0.495 e. The van der Waals surface area contributed by atoms with E-state index in [4.69, 9.17) is 14.2 Å². The predicted molar refractivity (Wildman–Crippen MR) is 162 cm³/mol. The van der Waals surface area contributed by atoms with Crippen LogP contribution in [0.25, 0.3) is 0 Å². The fourth-order valence-electron chi connectivity index (χ4n) is 3.39. The molecule has 0 aliphatic rings. The molecule has 0 saturated carbocycles. The molecule has 0 spiro atoms. The van der Waals surface area contributed by atoms with E-state index in [0.717, 1.165) is 19.3 Å². The highest BCUT2D eigenvalue weighted by Gasteiger charge is 2.17. The molecular formula is C29H43N3O8S. The van der Waals surface area contributed by atoms with Crippen molar-refractivity contribution in [1.82, 2.24) is 0 Å². The Kier molecular flexibility index (Phi) is 14.7. The number of nitrogens with zero attached hydrogens (tertiary/aromatic N) is 2. The summed E-state index contributed by atoms with van der Waals surface area (Å²) in [5.74, 6) is 0.420. The van der Waals surface area contributed by atoms with Gasteiger partial charge in [-0.05, 0) is 49.2 Å². The van der Waals surface area contributed by atoms with E-state index in [1.54, 1.807) is 50.5 Å². The van der Waals surface area contributed by atoms with Crippen LogP contribution in [0.4, 0.5) is 17.1 Å². The molecule has 0 fully saturated rings. The fourth-order valence-corrected chi connectivity index (χ4v) is 4.65. The van der Waals surface area contributed by atoms with Crippen molar-refractivity contribution in [3.8, 4) is 11.5 Å². The van der Waals surface area contributed by atoms with Crippen molar-refractivity contribution in [1.29, 1.82) is 0 Å². The topological polar surface area (TPSA) is 132 Å². The Morgan fingerprint density at radius 1 is 0.805 bits per heavy atom. The van der Waals surface area contributed by atoms with Crippen molar-refractivity contribution >= 4 is 44.9 Å². The molecule has 0 atom stereocenters. The SMILES string of the molecule is CCCCOC(=O)c1ccc(OC)c(N(C)C(C)=O)c1.CCCCS(=O)(=O)Nc1ccc(OC)c(N(C)C(C)=O)c1. The Hall–Kier alpha value is -3.80. The van der Waals surface area contributed by atoms with E-state index < -0.39 is 10.0 Å². The number of methoxy groups -OCH3 is 2. The van der Waals surface area contributed by atoms with Gasteiger partial charge in [-0.15, -0.1) is 0 Å². The quantitative estimate of drug-likeness (QED) is 0.257. The van der Waals surface area contributed by atoms with Gasteiger partial charge in [0.2, 0.25) is 21.8 Å². The van der Waals surface area contributed by atoms with Gasteiger partial charge in [-0.25, -0.2) is 13.2 Å². The number of rotatable bonds is 13. The van der Waals surface area contributed by atoms with Crippen molar-refractivity contribution < 1.29 is 37.0 Å². The molecule has 0 aliphatic carbocycles. The Morgan fingerprint density at radius 2 is 1.32 bits per heavy atom. The molecular weight excluding hydrogens is 550 g/mol. The van der Waals surface area contributed by atoms with Gasteiger partial charge in [-0.3, -0.25) is 14.3 Å². The Morgan fingerprint density at radius 3 is 1.80 bits per heavy atom. The van der Waals surface area contributed by atoms with Crippen molar-refractivity contribution in [2.24, 2.45) is 0 Å². The molecule has 0 radical (unpaired) electrons. The number of carbonyl (C=O) groups is 3. The lowest BCUT2D eigenvalue weighted by atomic mass is 10.1. The molecule has 0 unspecified atom stereocenters. The highest BCUT2D eigenvalue weighted by Crippen LogP contribution is 2.31. The Balaban J connectivity index is 0.000000410. The Bertz CT molecular complexity index is 1280. The molecule has 2 amide bonds. The number of unbranched alkanes of at least 4 members (excludes halogenated alkanes) is 2. The summed E-state index contributed by atoms with van der Waals surface area (Å²) in [4.78, 5) is 37.7. The monoisotopic (exact) mass is 593 g/mol. The second kappa shape index (κ2) is 17.1. The maximum Gasteiger partial charge on any atom is 0.338 e. The fraction of sp³-hybridized carbons (Fsp3) is 0.483. The van der Waals surface area contributed by atoms with E-state index in [-0.39, 0.29) is 23.5 Å². The molecule has 41 heavy (non-hydrogen) atoms. The number of esters is 1. The van der Waals surface area contributed by atoms with E-state index in [1.807, 2.05) is 13.8 Å². The van der Waals surface area contributed by atoms with Crippen LogP contribution in [0.3, 0.4) is 0 Å². The first kappa shape index (κ1) is 35.2. The van der Waals surface area contributed by atoms with Crippen LogP contribution in [-0.4, -0.2) is 66.9 Å². The molecule has 228 valence electrons. The van der Waals surface area contributed by atoms with Gasteiger partial charge in [-0.1, -0.05) is 26.7 Å². The number of anilines is 3. The minimum absolute atomic E-state index is 0.0768. The number of carbonyl (C=O) groups excluding carboxylic acids is 3. The molecule has 2 rings (SSSR count). The third kappa shape index (κ3) is 11.3. The van der Waals surface area contributed by atoms with Crippen LogP contribution in [0.15, 0.2) is 36.4 Å².